The zero-order chi connectivity index (χ0) is 12.3. The molecule has 2 nitrogen and oxygen atoms in total. The molecular weight excluding hydrogens is 254 g/mol. The summed E-state index contributed by atoms with van der Waals surface area (Å²) in [5.41, 5.74) is 0.930. The molecule has 0 aliphatic heterocycles. The van der Waals surface area contributed by atoms with Crippen LogP contribution in [0.1, 0.15) is 28.2 Å². The van der Waals surface area contributed by atoms with Gasteiger partial charge in [-0.05, 0) is 30.0 Å². The second-order valence-electron chi connectivity index (χ2n) is 3.69. The minimum absolute atomic E-state index is 0.0626. The van der Waals surface area contributed by atoms with Crippen LogP contribution >= 0.6 is 22.9 Å². The van der Waals surface area contributed by atoms with Gasteiger partial charge >= 0.3 is 0 Å². The number of carbonyl (C=O) groups excluding carboxylic acids is 1. The highest BCUT2D eigenvalue weighted by atomic mass is 35.5. The number of nitrogens with one attached hydrogen (secondary N) is 1. The normalized spacial score (nSPS) is 12.1. The first-order valence-electron chi connectivity index (χ1n) is 5.27. The molecule has 0 spiro atoms. The SMILES string of the molecule is C[C@H](NC(=O)c1cccs1)c1ccccc1Cl. The second kappa shape index (κ2) is 5.34. The van der Waals surface area contributed by atoms with Crippen LogP contribution in [0.15, 0.2) is 41.8 Å². The van der Waals surface area contributed by atoms with Crippen molar-refractivity contribution in [1.29, 1.82) is 0 Å². The maximum absolute atomic E-state index is 11.9. The summed E-state index contributed by atoms with van der Waals surface area (Å²) in [5, 5.41) is 5.48. The van der Waals surface area contributed by atoms with Crippen molar-refractivity contribution in [2.45, 2.75) is 13.0 Å². The number of thiophene rings is 1. The molecule has 2 rings (SSSR count). The number of hydrogen-bond acceptors (Lipinski definition) is 2. The molecule has 1 N–H and O–H groups in total. The average Bonchev–Trinajstić information content (AvgIpc) is 2.82. The first kappa shape index (κ1) is 12.1. The van der Waals surface area contributed by atoms with E-state index < -0.39 is 0 Å². The van der Waals surface area contributed by atoms with Gasteiger partial charge in [0.25, 0.3) is 5.91 Å². The van der Waals surface area contributed by atoms with Gasteiger partial charge < -0.3 is 5.32 Å². The molecule has 0 saturated carbocycles. The summed E-state index contributed by atoms with van der Waals surface area (Å²) in [6.07, 6.45) is 0. The number of halogens is 1. The van der Waals surface area contributed by atoms with Gasteiger partial charge in [0.1, 0.15) is 0 Å². The fourth-order valence-electron chi connectivity index (χ4n) is 1.58. The van der Waals surface area contributed by atoms with E-state index in [0.717, 1.165) is 5.56 Å². The molecule has 0 bridgehead atoms. The van der Waals surface area contributed by atoms with Gasteiger partial charge in [-0.15, -0.1) is 11.3 Å². The molecule has 0 aliphatic carbocycles. The number of rotatable bonds is 3. The van der Waals surface area contributed by atoms with E-state index in [4.69, 9.17) is 11.6 Å². The summed E-state index contributed by atoms with van der Waals surface area (Å²) in [7, 11) is 0. The lowest BCUT2D eigenvalue weighted by Crippen LogP contribution is -2.26. The Morgan fingerprint density at radius 1 is 1.29 bits per heavy atom. The van der Waals surface area contributed by atoms with E-state index in [2.05, 4.69) is 5.32 Å². The minimum atomic E-state index is -0.0988. The molecule has 2 aromatic rings. The van der Waals surface area contributed by atoms with E-state index in [9.17, 15) is 4.79 Å². The third kappa shape index (κ3) is 2.87. The average molecular weight is 266 g/mol. The Labute approximate surface area is 109 Å². The van der Waals surface area contributed by atoms with Crippen molar-refractivity contribution >= 4 is 28.8 Å². The molecule has 0 unspecified atom stereocenters. The predicted molar refractivity (Wildman–Crippen MR) is 71.7 cm³/mol. The Balaban J connectivity index is 2.10. The fourth-order valence-corrected chi connectivity index (χ4v) is 2.51. The zero-order valence-electron chi connectivity index (χ0n) is 9.31. The number of benzene rings is 1. The van der Waals surface area contributed by atoms with E-state index in [0.29, 0.717) is 9.90 Å². The van der Waals surface area contributed by atoms with Gasteiger partial charge in [0.15, 0.2) is 0 Å². The van der Waals surface area contributed by atoms with Crippen LogP contribution in [0.4, 0.5) is 0 Å². The number of hydrogen-bond donors (Lipinski definition) is 1. The quantitative estimate of drug-likeness (QED) is 0.896. The minimum Gasteiger partial charge on any atom is -0.345 e. The summed E-state index contributed by atoms with van der Waals surface area (Å²) < 4.78 is 0. The molecule has 17 heavy (non-hydrogen) atoms. The molecule has 1 heterocycles. The van der Waals surface area contributed by atoms with Crippen molar-refractivity contribution in [2.75, 3.05) is 0 Å². The lowest BCUT2D eigenvalue weighted by Gasteiger charge is -2.14. The van der Waals surface area contributed by atoms with Crippen molar-refractivity contribution in [3.8, 4) is 0 Å². The topological polar surface area (TPSA) is 29.1 Å². The van der Waals surface area contributed by atoms with E-state index >= 15 is 0 Å². The van der Waals surface area contributed by atoms with Crippen LogP contribution in [-0.4, -0.2) is 5.91 Å². The van der Waals surface area contributed by atoms with E-state index in [-0.39, 0.29) is 11.9 Å². The van der Waals surface area contributed by atoms with Gasteiger partial charge in [-0.3, -0.25) is 4.79 Å². The van der Waals surface area contributed by atoms with Crippen molar-refractivity contribution in [1.82, 2.24) is 5.32 Å². The van der Waals surface area contributed by atoms with Crippen LogP contribution in [0.2, 0.25) is 5.02 Å². The molecular formula is C13H12ClNOS. The largest absolute Gasteiger partial charge is 0.345 e. The van der Waals surface area contributed by atoms with E-state index in [1.54, 1.807) is 6.07 Å². The van der Waals surface area contributed by atoms with Crippen LogP contribution in [0.5, 0.6) is 0 Å². The Kier molecular flexibility index (Phi) is 3.82. The summed E-state index contributed by atoms with van der Waals surface area (Å²) in [6.45, 7) is 1.92. The molecule has 0 radical (unpaired) electrons. The Bertz CT molecular complexity index is 510. The monoisotopic (exact) mass is 265 g/mol. The van der Waals surface area contributed by atoms with Crippen LogP contribution < -0.4 is 5.32 Å². The molecule has 0 saturated heterocycles. The molecule has 1 aromatic heterocycles. The van der Waals surface area contributed by atoms with Gasteiger partial charge in [-0.2, -0.15) is 0 Å². The third-order valence-electron chi connectivity index (χ3n) is 2.46. The Hall–Kier alpha value is -1.32. The predicted octanol–water partition coefficient (Wildman–Crippen LogP) is 3.89. The molecule has 0 aliphatic rings. The smallest absolute Gasteiger partial charge is 0.261 e. The second-order valence-corrected chi connectivity index (χ2v) is 5.05. The van der Waals surface area contributed by atoms with Gasteiger partial charge in [0.05, 0.1) is 10.9 Å². The summed E-state index contributed by atoms with van der Waals surface area (Å²) in [4.78, 5) is 12.6. The highest BCUT2D eigenvalue weighted by Gasteiger charge is 2.13. The third-order valence-corrected chi connectivity index (χ3v) is 3.68. The Morgan fingerprint density at radius 2 is 2.06 bits per heavy atom. The fraction of sp³-hybridized carbons (Fsp3) is 0.154. The van der Waals surface area contributed by atoms with Crippen LogP contribution in [0.25, 0.3) is 0 Å². The Morgan fingerprint density at radius 3 is 2.71 bits per heavy atom. The van der Waals surface area contributed by atoms with E-state index in [1.165, 1.54) is 11.3 Å². The molecule has 1 aromatic carbocycles. The molecule has 88 valence electrons. The summed E-state index contributed by atoms with van der Waals surface area (Å²) in [6, 6.07) is 11.1. The highest BCUT2D eigenvalue weighted by molar-refractivity contribution is 7.12. The first-order chi connectivity index (χ1) is 8.18. The van der Waals surface area contributed by atoms with Crippen molar-refractivity contribution < 1.29 is 4.79 Å². The molecule has 1 amide bonds. The highest BCUT2D eigenvalue weighted by Crippen LogP contribution is 2.22. The van der Waals surface area contributed by atoms with Gasteiger partial charge in [0, 0.05) is 5.02 Å². The van der Waals surface area contributed by atoms with Gasteiger partial charge in [-0.25, -0.2) is 0 Å². The van der Waals surface area contributed by atoms with Crippen LogP contribution in [-0.2, 0) is 0 Å². The lowest BCUT2D eigenvalue weighted by atomic mass is 10.1. The zero-order valence-corrected chi connectivity index (χ0v) is 10.9. The van der Waals surface area contributed by atoms with Gasteiger partial charge in [-0.1, -0.05) is 35.9 Å². The molecule has 4 heteroatoms. The maximum atomic E-state index is 11.9. The number of amides is 1. The van der Waals surface area contributed by atoms with Crippen molar-refractivity contribution in [2.24, 2.45) is 0 Å². The standard InChI is InChI=1S/C13H12ClNOS/c1-9(10-5-2-3-6-11(10)14)15-13(16)12-7-4-8-17-12/h2-9H,1H3,(H,15,16)/t9-/m0/s1. The van der Waals surface area contributed by atoms with Crippen LogP contribution in [0, 0.1) is 0 Å². The van der Waals surface area contributed by atoms with Gasteiger partial charge in [0.2, 0.25) is 0 Å². The summed E-state index contributed by atoms with van der Waals surface area (Å²) in [5.74, 6) is -0.0626. The number of carbonyl (C=O) groups is 1. The molecule has 0 fully saturated rings. The van der Waals surface area contributed by atoms with Crippen molar-refractivity contribution in [3.05, 3.63) is 57.2 Å². The van der Waals surface area contributed by atoms with Crippen molar-refractivity contribution in [3.63, 3.8) is 0 Å². The van der Waals surface area contributed by atoms with Crippen LogP contribution in [0.3, 0.4) is 0 Å². The first-order valence-corrected chi connectivity index (χ1v) is 6.53. The lowest BCUT2D eigenvalue weighted by molar-refractivity contribution is 0.0944. The maximum Gasteiger partial charge on any atom is 0.261 e. The summed E-state index contributed by atoms with van der Waals surface area (Å²) >= 11 is 7.51. The van der Waals surface area contributed by atoms with E-state index in [1.807, 2.05) is 42.6 Å². The molecule has 1 atom stereocenters.